The van der Waals surface area contributed by atoms with E-state index in [4.69, 9.17) is 4.74 Å². The fraction of sp³-hybridized carbons (Fsp3) is 0.400. The molecule has 1 aromatic carbocycles. The van der Waals surface area contributed by atoms with E-state index < -0.39 is 0 Å². The van der Waals surface area contributed by atoms with Crippen LogP contribution in [0.25, 0.3) is 10.8 Å². The Bertz CT molecular complexity index is 674. The van der Waals surface area contributed by atoms with Gasteiger partial charge in [0.1, 0.15) is 0 Å². The number of hydrogen-bond donors (Lipinski definition) is 1. The van der Waals surface area contributed by atoms with Gasteiger partial charge in [0.25, 0.3) is 5.69 Å². The zero-order valence-electron chi connectivity index (χ0n) is 11.8. The first-order chi connectivity index (χ1) is 10.2. The smallest absolute Gasteiger partial charge is 0.277 e. The van der Waals surface area contributed by atoms with Gasteiger partial charge in [-0.25, -0.2) is 0 Å². The van der Waals surface area contributed by atoms with E-state index in [9.17, 15) is 10.1 Å². The quantitative estimate of drug-likeness (QED) is 0.691. The van der Waals surface area contributed by atoms with Crippen LogP contribution in [-0.2, 0) is 4.74 Å². The summed E-state index contributed by atoms with van der Waals surface area (Å²) in [5.41, 5.74) is 0.985. The van der Waals surface area contributed by atoms with Crippen LogP contribution in [0.5, 0.6) is 0 Å². The maximum absolute atomic E-state index is 11.1. The average Bonchev–Trinajstić information content (AvgIpc) is 2.89. The van der Waals surface area contributed by atoms with Crippen LogP contribution in [0.1, 0.15) is 13.3 Å². The Hall–Kier alpha value is -2.21. The highest BCUT2D eigenvalue weighted by atomic mass is 16.6. The van der Waals surface area contributed by atoms with Gasteiger partial charge < -0.3 is 10.1 Å². The molecule has 21 heavy (non-hydrogen) atoms. The second-order valence-electron chi connectivity index (χ2n) is 5.32. The van der Waals surface area contributed by atoms with E-state index >= 15 is 0 Å². The number of non-ortho nitro benzene ring substituents is 1. The molecule has 0 saturated carbocycles. The van der Waals surface area contributed by atoms with E-state index in [0.29, 0.717) is 11.3 Å². The van der Waals surface area contributed by atoms with Crippen molar-refractivity contribution in [3.05, 3.63) is 40.7 Å². The summed E-state index contributed by atoms with van der Waals surface area (Å²) in [5.74, 6) is 0.465. The molecule has 2 unspecified atom stereocenters. The van der Waals surface area contributed by atoms with Crippen molar-refractivity contribution < 1.29 is 9.66 Å². The number of pyridine rings is 1. The van der Waals surface area contributed by atoms with Crippen molar-refractivity contribution in [3.63, 3.8) is 0 Å². The zero-order valence-corrected chi connectivity index (χ0v) is 11.8. The fourth-order valence-corrected chi connectivity index (χ4v) is 2.77. The van der Waals surface area contributed by atoms with Crippen molar-refractivity contribution in [3.8, 4) is 0 Å². The molecule has 1 aliphatic heterocycles. The molecule has 6 heteroatoms. The van der Waals surface area contributed by atoms with Gasteiger partial charge in [-0.2, -0.15) is 0 Å². The minimum atomic E-state index is -0.362. The van der Waals surface area contributed by atoms with Crippen LogP contribution < -0.4 is 5.32 Å². The Labute approximate surface area is 122 Å². The Morgan fingerprint density at radius 2 is 2.29 bits per heavy atom. The summed E-state index contributed by atoms with van der Waals surface area (Å²) in [6, 6.07) is 4.97. The number of nitrogens with one attached hydrogen (secondary N) is 1. The molecule has 110 valence electrons. The fourth-order valence-electron chi connectivity index (χ4n) is 2.77. The number of nitro benzene ring substituents is 1. The molecule has 0 spiro atoms. The van der Waals surface area contributed by atoms with Crippen LogP contribution in [-0.4, -0.2) is 29.2 Å². The topological polar surface area (TPSA) is 77.3 Å². The Kier molecular flexibility index (Phi) is 3.70. The Balaban J connectivity index is 1.89. The molecule has 1 saturated heterocycles. The monoisotopic (exact) mass is 287 g/mol. The van der Waals surface area contributed by atoms with Crippen molar-refractivity contribution in [2.75, 3.05) is 18.5 Å². The first kappa shape index (κ1) is 13.8. The molecular formula is C15H17N3O3. The Morgan fingerprint density at radius 3 is 3.00 bits per heavy atom. The highest BCUT2D eigenvalue weighted by molar-refractivity contribution is 5.99. The van der Waals surface area contributed by atoms with Crippen molar-refractivity contribution in [1.29, 1.82) is 0 Å². The first-order valence-electron chi connectivity index (χ1n) is 7.03. The third-order valence-corrected chi connectivity index (χ3v) is 4.08. The zero-order chi connectivity index (χ0) is 14.8. The number of nitro groups is 1. The largest absolute Gasteiger partial charge is 0.384 e. The number of anilines is 1. The van der Waals surface area contributed by atoms with Gasteiger partial charge in [0.15, 0.2) is 0 Å². The lowest BCUT2D eigenvalue weighted by Gasteiger charge is -2.16. The van der Waals surface area contributed by atoms with Crippen LogP contribution >= 0.6 is 0 Å². The lowest BCUT2D eigenvalue weighted by molar-refractivity contribution is -0.383. The van der Waals surface area contributed by atoms with E-state index in [1.165, 1.54) is 0 Å². The van der Waals surface area contributed by atoms with Crippen LogP contribution in [0.4, 0.5) is 11.4 Å². The number of ether oxygens (including phenoxy) is 1. The second-order valence-corrected chi connectivity index (χ2v) is 5.32. The van der Waals surface area contributed by atoms with Gasteiger partial charge in [-0.3, -0.25) is 15.1 Å². The van der Waals surface area contributed by atoms with Gasteiger partial charge in [-0.15, -0.1) is 0 Å². The van der Waals surface area contributed by atoms with Gasteiger partial charge >= 0.3 is 0 Å². The van der Waals surface area contributed by atoms with E-state index in [0.717, 1.165) is 30.6 Å². The maximum atomic E-state index is 11.1. The number of aromatic nitrogens is 1. The minimum absolute atomic E-state index is 0.107. The van der Waals surface area contributed by atoms with Crippen LogP contribution in [0.2, 0.25) is 0 Å². The first-order valence-corrected chi connectivity index (χ1v) is 7.03. The van der Waals surface area contributed by atoms with E-state index in [1.54, 1.807) is 30.6 Å². The number of benzene rings is 1. The maximum Gasteiger partial charge on any atom is 0.277 e. The van der Waals surface area contributed by atoms with Crippen LogP contribution in [0.15, 0.2) is 30.6 Å². The number of hydrogen-bond acceptors (Lipinski definition) is 5. The molecule has 0 radical (unpaired) electrons. The SMILES string of the molecule is CC1OCCC1CNc1ccc([N+](=O)[O-])c2ccncc12. The Morgan fingerprint density at radius 1 is 1.43 bits per heavy atom. The van der Waals surface area contributed by atoms with Crippen molar-refractivity contribution in [2.24, 2.45) is 5.92 Å². The van der Waals surface area contributed by atoms with E-state index in [2.05, 4.69) is 17.2 Å². The van der Waals surface area contributed by atoms with Gasteiger partial charge in [-0.05, 0) is 25.5 Å². The normalized spacial score (nSPS) is 21.6. The predicted molar refractivity (Wildman–Crippen MR) is 80.4 cm³/mol. The van der Waals surface area contributed by atoms with Crippen molar-refractivity contribution in [1.82, 2.24) is 4.98 Å². The highest BCUT2D eigenvalue weighted by Gasteiger charge is 2.24. The summed E-state index contributed by atoms with van der Waals surface area (Å²) in [5, 5.41) is 15.9. The molecule has 2 heterocycles. The lowest BCUT2D eigenvalue weighted by atomic mass is 10.0. The molecule has 6 nitrogen and oxygen atoms in total. The molecule has 1 fully saturated rings. The summed E-state index contributed by atoms with van der Waals surface area (Å²) in [4.78, 5) is 14.8. The summed E-state index contributed by atoms with van der Waals surface area (Å²) in [6.07, 6.45) is 4.53. The standard InChI is InChI=1S/C15H17N3O3/c1-10-11(5-7-21-10)8-17-14-2-3-15(18(19)20)12-4-6-16-9-13(12)14/h2-4,6,9-11,17H,5,7-8H2,1H3. The third-order valence-electron chi connectivity index (χ3n) is 4.08. The molecule has 1 aliphatic rings. The number of fused-ring (bicyclic) bond motifs is 1. The third kappa shape index (κ3) is 2.67. The van der Waals surface area contributed by atoms with E-state index in [1.807, 2.05) is 0 Å². The summed E-state index contributed by atoms with van der Waals surface area (Å²) < 4.78 is 5.55. The minimum Gasteiger partial charge on any atom is -0.384 e. The molecule has 2 atom stereocenters. The van der Waals surface area contributed by atoms with E-state index in [-0.39, 0.29) is 16.7 Å². The average molecular weight is 287 g/mol. The summed E-state index contributed by atoms with van der Waals surface area (Å²) >= 11 is 0. The van der Waals surface area contributed by atoms with Gasteiger partial charge in [-0.1, -0.05) is 0 Å². The van der Waals surface area contributed by atoms with Gasteiger partial charge in [0, 0.05) is 48.6 Å². The molecule has 0 bridgehead atoms. The molecular weight excluding hydrogens is 270 g/mol. The second kappa shape index (κ2) is 5.65. The van der Waals surface area contributed by atoms with Crippen molar-refractivity contribution >= 4 is 22.1 Å². The molecule has 0 amide bonds. The lowest BCUT2D eigenvalue weighted by Crippen LogP contribution is -2.20. The van der Waals surface area contributed by atoms with Crippen LogP contribution in [0.3, 0.4) is 0 Å². The van der Waals surface area contributed by atoms with Crippen molar-refractivity contribution in [2.45, 2.75) is 19.4 Å². The van der Waals surface area contributed by atoms with Gasteiger partial charge in [0.2, 0.25) is 0 Å². The number of rotatable bonds is 4. The molecule has 1 aromatic heterocycles. The number of nitrogens with zero attached hydrogens (tertiary/aromatic N) is 2. The highest BCUT2D eigenvalue weighted by Crippen LogP contribution is 2.31. The van der Waals surface area contributed by atoms with Crippen LogP contribution in [0, 0.1) is 16.0 Å². The summed E-state index contributed by atoms with van der Waals surface area (Å²) in [6.45, 7) is 3.67. The summed E-state index contributed by atoms with van der Waals surface area (Å²) in [7, 11) is 0. The molecule has 1 N–H and O–H groups in total. The molecule has 3 rings (SSSR count). The molecule has 0 aliphatic carbocycles. The van der Waals surface area contributed by atoms with Gasteiger partial charge in [0.05, 0.1) is 16.4 Å². The predicted octanol–water partition coefficient (Wildman–Crippen LogP) is 2.98. The molecule has 2 aromatic rings.